The van der Waals surface area contributed by atoms with E-state index in [9.17, 15) is 10.1 Å². The average molecular weight is 265 g/mol. The average Bonchev–Trinajstić information content (AvgIpc) is 2.37. The van der Waals surface area contributed by atoms with Gasteiger partial charge in [-0.05, 0) is 19.8 Å². The predicted octanol–water partition coefficient (Wildman–Crippen LogP) is 2.34. The molecule has 1 fully saturated rings. The van der Waals surface area contributed by atoms with Crippen LogP contribution in [0.5, 0.6) is 5.88 Å². The van der Waals surface area contributed by atoms with E-state index in [2.05, 4.69) is 4.98 Å². The number of nitrogens with two attached hydrogens (primary N) is 1. The lowest BCUT2D eigenvalue weighted by molar-refractivity contribution is -0.385. The Hall–Kier alpha value is -1.69. The number of aryl methyl sites for hydroxylation is 1. The minimum atomic E-state index is -0.447. The summed E-state index contributed by atoms with van der Waals surface area (Å²) in [5.74, 6) is 0.401. The zero-order valence-corrected chi connectivity index (χ0v) is 11.1. The van der Waals surface area contributed by atoms with Crippen LogP contribution in [0, 0.1) is 17.0 Å². The Bertz CT molecular complexity index is 470. The molecule has 104 valence electrons. The molecule has 0 radical (unpaired) electrons. The highest BCUT2D eigenvalue weighted by Crippen LogP contribution is 2.27. The van der Waals surface area contributed by atoms with Crippen molar-refractivity contribution >= 4 is 5.69 Å². The fourth-order valence-corrected chi connectivity index (χ4v) is 2.42. The second-order valence-corrected chi connectivity index (χ2v) is 5.22. The molecule has 0 aliphatic heterocycles. The molecule has 0 saturated heterocycles. The van der Waals surface area contributed by atoms with Crippen molar-refractivity contribution in [1.29, 1.82) is 0 Å². The number of pyridine rings is 1. The van der Waals surface area contributed by atoms with Gasteiger partial charge in [0.05, 0.1) is 10.5 Å². The molecule has 1 aromatic heterocycles. The van der Waals surface area contributed by atoms with E-state index in [1.807, 2.05) is 0 Å². The van der Waals surface area contributed by atoms with Crippen molar-refractivity contribution in [2.24, 2.45) is 5.73 Å². The van der Waals surface area contributed by atoms with Crippen molar-refractivity contribution in [2.45, 2.75) is 44.6 Å². The first kappa shape index (κ1) is 13.7. The molecule has 2 rings (SSSR count). The quantitative estimate of drug-likeness (QED) is 0.666. The van der Waals surface area contributed by atoms with Gasteiger partial charge in [-0.2, -0.15) is 0 Å². The fourth-order valence-electron chi connectivity index (χ4n) is 2.42. The molecule has 1 heterocycles. The summed E-state index contributed by atoms with van der Waals surface area (Å²) in [5.41, 5.74) is 6.35. The molecule has 0 atom stereocenters. The summed E-state index contributed by atoms with van der Waals surface area (Å²) in [5, 5.41) is 10.7. The highest BCUT2D eigenvalue weighted by molar-refractivity contribution is 5.36. The number of hydrogen-bond donors (Lipinski definition) is 1. The molecule has 0 bridgehead atoms. The van der Waals surface area contributed by atoms with E-state index < -0.39 is 4.92 Å². The van der Waals surface area contributed by atoms with Gasteiger partial charge in [-0.3, -0.25) is 10.1 Å². The van der Waals surface area contributed by atoms with Gasteiger partial charge in [-0.25, -0.2) is 4.98 Å². The maximum Gasteiger partial charge on any atom is 0.290 e. The number of hydrogen-bond acceptors (Lipinski definition) is 5. The number of aromatic nitrogens is 1. The Balaban J connectivity index is 2.00. The van der Waals surface area contributed by atoms with Crippen molar-refractivity contribution in [3.8, 4) is 5.88 Å². The number of nitrogens with zero attached hydrogens (tertiary/aromatic N) is 2. The van der Waals surface area contributed by atoms with Crippen LogP contribution in [0.3, 0.4) is 0 Å². The first-order valence-electron chi connectivity index (χ1n) is 6.54. The third-order valence-corrected chi connectivity index (χ3v) is 3.59. The lowest BCUT2D eigenvalue weighted by Gasteiger charge is -2.32. The van der Waals surface area contributed by atoms with Gasteiger partial charge in [0.2, 0.25) is 5.88 Å². The largest absolute Gasteiger partial charge is 0.476 e. The number of rotatable bonds is 4. The third kappa shape index (κ3) is 3.41. The molecule has 0 unspecified atom stereocenters. The Morgan fingerprint density at radius 3 is 2.68 bits per heavy atom. The Morgan fingerprint density at radius 1 is 1.42 bits per heavy atom. The monoisotopic (exact) mass is 265 g/mol. The highest BCUT2D eigenvalue weighted by atomic mass is 16.6. The SMILES string of the molecule is Cc1nc(OCC2(N)CCCCC2)ccc1[N+](=O)[O-]. The Morgan fingerprint density at radius 2 is 2.11 bits per heavy atom. The van der Waals surface area contributed by atoms with Crippen molar-refractivity contribution in [3.63, 3.8) is 0 Å². The van der Waals surface area contributed by atoms with Crippen molar-refractivity contribution in [1.82, 2.24) is 4.98 Å². The van der Waals surface area contributed by atoms with E-state index >= 15 is 0 Å². The Labute approximate surface area is 112 Å². The molecular weight excluding hydrogens is 246 g/mol. The van der Waals surface area contributed by atoms with Gasteiger partial charge in [-0.15, -0.1) is 0 Å². The molecule has 1 aromatic rings. The second kappa shape index (κ2) is 5.52. The molecular formula is C13H19N3O3. The van der Waals surface area contributed by atoms with Gasteiger partial charge in [0, 0.05) is 12.1 Å². The molecule has 1 saturated carbocycles. The van der Waals surface area contributed by atoms with Gasteiger partial charge >= 0.3 is 0 Å². The molecule has 6 heteroatoms. The Kier molecular flexibility index (Phi) is 3.99. The van der Waals surface area contributed by atoms with Crippen LogP contribution in [0.1, 0.15) is 37.8 Å². The zero-order chi connectivity index (χ0) is 13.9. The maximum atomic E-state index is 10.7. The van der Waals surface area contributed by atoms with E-state index in [-0.39, 0.29) is 11.2 Å². The van der Waals surface area contributed by atoms with E-state index in [0.29, 0.717) is 18.2 Å². The van der Waals surface area contributed by atoms with Crippen molar-refractivity contribution in [2.75, 3.05) is 6.61 Å². The topological polar surface area (TPSA) is 91.3 Å². The summed E-state index contributed by atoms with van der Waals surface area (Å²) >= 11 is 0. The van der Waals surface area contributed by atoms with Crippen molar-refractivity contribution < 1.29 is 9.66 Å². The predicted molar refractivity (Wildman–Crippen MR) is 71.1 cm³/mol. The normalized spacial score (nSPS) is 18.0. The zero-order valence-electron chi connectivity index (χ0n) is 11.1. The standard InChI is InChI=1S/C13H19N3O3/c1-10-11(16(17)18)5-6-12(15-10)19-9-13(14)7-3-2-4-8-13/h5-6H,2-4,7-9,14H2,1H3. The van der Waals surface area contributed by atoms with Crippen LogP contribution in [-0.2, 0) is 0 Å². The van der Waals surface area contributed by atoms with Crippen LogP contribution in [0.25, 0.3) is 0 Å². The van der Waals surface area contributed by atoms with E-state index in [1.165, 1.54) is 18.6 Å². The third-order valence-electron chi connectivity index (χ3n) is 3.59. The molecule has 1 aliphatic rings. The number of ether oxygens (including phenoxy) is 1. The van der Waals surface area contributed by atoms with Gasteiger partial charge in [-0.1, -0.05) is 19.3 Å². The van der Waals surface area contributed by atoms with Gasteiger partial charge in [0.1, 0.15) is 12.3 Å². The fraction of sp³-hybridized carbons (Fsp3) is 0.615. The summed E-state index contributed by atoms with van der Waals surface area (Å²) in [6.07, 6.45) is 5.41. The number of nitro groups is 1. The van der Waals surface area contributed by atoms with Crippen LogP contribution in [0.2, 0.25) is 0 Å². The van der Waals surface area contributed by atoms with E-state index in [4.69, 9.17) is 10.5 Å². The summed E-state index contributed by atoms with van der Waals surface area (Å²) < 4.78 is 5.61. The molecule has 6 nitrogen and oxygen atoms in total. The maximum absolute atomic E-state index is 10.7. The van der Waals surface area contributed by atoms with Crippen LogP contribution in [-0.4, -0.2) is 22.1 Å². The van der Waals surface area contributed by atoms with Crippen LogP contribution >= 0.6 is 0 Å². The second-order valence-electron chi connectivity index (χ2n) is 5.22. The minimum absolute atomic E-state index is 0.00692. The lowest BCUT2D eigenvalue weighted by atomic mass is 9.83. The minimum Gasteiger partial charge on any atom is -0.476 e. The van der Waals surface area contributed by atoms with Crippen LogP contribution < -0.4 is 10.5 Å². The molecule has 0 amide bonds. The molecule has 0 spiro atoms. The van der Waals surface area contributed by atoms with Crippen LogP contribution in [0.4, 0.5) is 5.69 Å². The van der Waals surface area contributed by atoms with Gasteiger partial charge in [0.25, 0.3) is 5.69 Å². The smallest absolute Gasteiger partial charge is 0.290 e. The van der Waals surface area contributed by atoms with E-state index in [0.717, 1.165) is 25.7 Å². The molecule has 1 aliphatic carbocycles. The summed E-state index contributed by atoms with van der Waals surface area (Å²) in [4.78, 5) is 14.3. The molecule has 19 heavy (non-hydrogen) atoms. The van der Waals surface area contributed by atoms with E-state index in [1.54, 1.807) is 6.92 Å². The highest BCUT2D eigenvalue weighted by Gasteiger charge is 2.28. The summed E-state index contributed by atoms with van der Waals surface area (Å²) in [7, 11) is 0. The molecule has 0 aromatic carbocycles. The lowest BCUT2D eigenvalue weighted by Crippen LogP contribution is -2.47. The summed E-state index contributed by atoms with van der Waals surface area (Å²) in [6, 6.07) is 2.94. The molecule has 2 N–H and O–H groups in total. The van der Waals surface area contributed by atoms with Crippen LogP contribution in [0.15, 0.2) is 12.1 Å². The van der Waals surface area contributed by atoms with Gasteiger partial charge < -0.3 is 10.5 Å². The first-order chi connectivity index (χ1) is 9.00. The summed E-state index contributed by atoms with van der Waals surface area (Å²) in [6.45, 7) is 2.01. The van der Waals surface area contributed by atoms with Crippen molar-refractivity contribution in [3.05, 3.63) is 27.9 Å². The first-order valence-corrected chi connectivity index (χ1v) is 6.54. The van der Waals surface area contributed by atoms with Gasteiger partial charge in [0.15, 0.2) is 0 Å².